The van der Waals surface area contributed by atoms with Crippen LogP contribution in [0, 0.1) is 6.92 Å². The first-order valence-electron chi connectivity index (χ1n) is 12.3. The van der Waals surface area contributed by atoms with E-state index in [0.29, 0.717) is 29.7 Å². The monoisotopic (exact) mass is 479 g/mol. The number of nitrogens with zero attached hydrogens (tertiary/aromatic N) is 2. The first-order valence-corrected chi connectivity index (χ1v) is 12.3. The minimum Gasteiger partial charge on any atom is -0.457 e. The Morgan fingerprint density at radius 1 is 1.03 bits per heavy atom. The predicted molar refractivity (Wildman–Crippen MR) is 131 cm³/mol. The summed E-state index contributed by atoms with van der Waals surface area (Å²) in [6, 6.07) is 13.5. The molecule has 0 aliphatic carbocycles. The van der Waals surface area contributed by atoms with Crippen LogP contribution in [-0.4, -0.2) is 79.7 Å². The third-order valence-corrected chi connectivity index (χ3v) is 7.10. The molecular formula is C27H33N3O5. The van der Waals surface area contributed by atoms with Crippen molar-refractivity contribution in [2.45, 2.75) is 44.6 Å². The molecule has 8 nitrogen and oxygen atoms in total. The van der Waals surface area contributed by atoms with E-state index in [0.717, 1.165) is 50.3 Å². The minimum atomic E-state index is -0.228. The van der Waals surface area contributed by atoms with Gasteiger partial charge < -0.3 is 24.4 Å². The van der Waals surface area contributed by atoms with Gasteiger partial charge in [-0.2, -0.15) is 0 Å². The van der Waals surface area contributed by atoms with Gasteiger partial charge >= 0.3 is 0 Å². The molecule has 2 aromatic carbocycles. The molecule has 0 aromatic heterocycles. The second kappa shape index (κ2) is 10.4. The minimum absolute atomic E-state index is 0.0254. The number of carbonyl (C=O) groups is 2. The summed E-state index contributed by atoms with van der Waals surface area (Å²) in [4.78, 5) is 29.9. The van der Waals surface area contributed by atoms with Crippen LogP contribution >= 0.6 is 0 Å². The van der Waals surface area contributed by atoms with Gasteiger partial charge in [0.25, 0.3) is 5.91 Å². The highest BCUT2D eigenvalue weighted by molar-refractivity contribution is 5.96. The van der Waals surface area contributed by atoms with Crippen LogP contribution in [0.2, 0.25) is 0 Å². The van der Waals surface area contributed by atoms with Gasteiger partial charge in [0.1, 0.15) is 11.5 Å². The number of rotatable bonds is 1. The van der Waals surface area contributed by atoms with Crippen LogP contribution < -0.4 is 10.1 Å². The molecule has 0 spiro atoms. The molecular weight excluding hydrogens is 446 g/mol. The zero-order valence-electron chi connectivity index (χ0n) is 20.4. The average Bonchev–Trinajstić information content (AvgIpc) is 3.26. The number of hydrogen-bond acceptors (Lipinski definition) is 6. The van der Waals surface area contributed by atoms with E-state index in [1.54, 1.807) is 19.2 Å². The Bertz CT molecular complexity index is 1080. The zero-order chi connectivity index (χ0) is 24.4. The summed E-state index contributed by atoms with van der Waals surface area (Å²) in [5.74, 6) is 0.890. The van der Waals surface area contributed by atoms with Gasteiger partial charge in [0.05, 0.1) is 25.3 Å². The number of aryl methyl sites for hydroxylation is 1. The molecule has 2 fully saturated rings. The Kier molecular flexibility index (Phi) is 7.04. The number of ether oxygens (including phenoxy) is 3. The van der Waals surface area contributed by atoms with E-state index in [1.165, 1.54) is 4.90 Å². The molecule has 35 heavy (non-hydrogen) atoms. The third-order valence-electron chi connectivity index (χ3n) is 7.10. The normalized spacial score (nSPS) is 24.6. The van der Waals surface area contributed by atoms with Gasteiger partial charge in [-0.15, -0.1) is 0 Å². The second-order valence-corrected chi connectivity index (χ2v) is 9.71. The number of hydrogen-bond donors (Lipinski definition) is 1. The van der Waals surface area contributed by atoms with Crippen molar-refractivity contribution in [3.05, 3.63) is 59.2 Å². The fourth-order valence-corrected chi connectivity index (χ4v) is 5.09. The topological polar surface area (TPSA) is 80.3 Å². The van der Waals surface area contributed by atoms with Crippen molar-refractivity contribution in [1.82, 2.24) is 15.1 Å². The molecule has 0 saturated carbocycles. The lowest BCUT2D eigenvalue weighted by Crippen LogP contribution is -2.48. The molecule has 2 amide bonds. The third kappa shape index (κ3) is 5.50. The summed E-state index contributed by atoms with van der Waals surface area (Å²) < 4.78 is 18.1. The number of fused-ring (bicyclic) bond motifs is 5. The van der Waals surface area contributed by atoms with E-state index >= 15 is 0 Å². The maximum atomic E-state index is 13.1. The van der Waals surface area contributed by atoms with Crippen LogP contribution in [0.3, 0.4) is 0 Å². The van der Waals surface area contributed by atoms with E-state index in [9.17, 15) is 9.59 Å². The second-order valence-electron chi connectivity index (χ2n) is 9.71. The molecule has 3 aliphatic rings. The van der Waals surface area contributed by atoms with Crippen molar-refractivity contribution in [3.63, 3.8) is 0 Å². The van der Waals surface area contributed by atoms with Crippen LogP contribution in [-0.2, 0) is 20.9 Å². The van der Waals surface area contributed by atoms with Crippen molar-refractivity contribution in [1.29, 1.82) is 0 Å². The van der Waals surface area contributed by atoms with E-state index in [-0.39, 0.29) is 30.5 Å². The van der Waals surface area contributed by atoms with Crippen molar-refractivity contribution in [2.24, 2.45) is 0 Å². The summed E-state index contributed by atoms with van der Waals surface area (Å²) in [6.45, 7) is 5.35. The number of likely N-dealkylation sites (tertiary alicyclic amines) is 1. The highest BCUT2D eigenvalue weighted by Gasteiger charge is 2.38. The van der Waals surface area contributed by atoms with Crippen molar-refractivity contribution >= 4 is 11.8 Å². The molecule has 1 N–H and O–H groups in total. The van der Waals surface area contributed by atoms with Gasteiger partial charge in [0.2, 0.25) is 5.91 Å². The molecule has 0 unspecified atom stereocenters. The zero-order valence-corrected chi connectivity index (χ0v) is 20.4. The molecule has 5 rings (SSSR count). The molecule has 8 heteroatoms. The quantitative estimate of drug-likeness (QED) is 0.678. The van der Waals surface area contributed by atoms with Crippen LogP contribution in [0.4, 0.5) is 0 Å². The van der Waals surface area contributed by atoms with E-state index < -0.39 is 0 Å². The van der Waals surface area contributed by atoms with Gasteiger partial charge in [-0.25, -0.2) is 0 Å². The first-order chi connectivity index (χ1) is 17.0. The van der Waals surface area contributed by atoms with E-state index in [4.69, 9.17) is 14.2 Å². The summed E-state index contributed by atoms with van der Waals surface area (Å²) >= 11 is 0. The Morgan fingerprint density at radius 3 is 2.69 bits per heavy atom. The fourth-order valence-electron chi connectivity index (χ4n) is 5.09. The largest absolute Gasteiger partial charge is 0.457 e. The first kappa shape index (κ1) is 23.8. The Morgan fingerprint density at radius 2 is 1.86 bits per heavy atom. The van der Waals surface area contributed by atoms with Gasteiger partial charge in [0, 0.05) is 45.0 Å². The molecule has 0 radical (unpaired) electrons. The van der Waals surface area contributed by atoms with Crippen molar-refractivity contribution < 1.29 is 23.8 Å². The van der Waals surface area contributed by atoms with Crippen LogP contribution in [0.25, 0.3) is 0 Å². The molecule has 2 aromatic rings. The Hall–Kier alpha value is -2.94. The summed E-state index contributed by atoms with van der Waals surface area (Å²) in [6.07, 6.45) is 1.83. The Labute approximate surface area is 206 Å². The summed E-state index contributed by atoms with van der Waals surface area (Å²) in [5, 5.41) is 3.15. The molecule has 2 saturated heterocycles. The standard InChI is InChI=1S/C27H33N3O5/c1-18-6-7-20-13-24(18)35-22-5-3-4-19(12-22)17-34-25-15-30(21-8-10-33-11-9-21)14-23(25)28-26(31)16-29(2)27(20)32/h3-7,12-13,21,23,25H,8-11,14-17H2,1-2H3,(H,28,31)/t23-,25-/m0/s1. The number of carbonyl (C=O) groups excluding carboxylic acids is 2. The summed E-state index contributed by atoms with van der Waals surface area (Å²) in [7, 11) is 1.64. The lowest BCUT2D eigenvalue weighted by Gasteiger charge is -2.30. The lowest BCUT2D eigenvalue weighted by molar-refractivity contribution is -0.123. The summed E-state index contributed by atoms with van der Waals surface area (Å²) in [5.41, 5.74) is 2.40. The van der Waals surface area contributed by atoms with Crippen LogP contribution in [0.5, 0.6) is 11.5 Å². The fraction of sp³-hybridized carbons (Fsp3) is 0.481. The van der Waals surface area contributed by atoms with Gasteiger partial charge in [-0.05, 0) is 55.2 Å². The van der Waals surface area contributed by atoms with Gasteiger partial charge in [0.15, 0.2) is 0 Å². The maximum absolute atomic E-state index is 13.1. The highest BCUT2D eigenvalue weighted by atomic mass is 16.5. The van der Waals surface area contributed by atoms with Gasteiger partial charge in [-0.3, -0.25) is 14.5 Å². The van der Waals surface area contributed by atoms with Crippen molar-refractivity contribution in [2.75, 3.05) is 39.9 Å². The molecule has 4 bridgehead atoms. The van der Waals surface area contributed by atoms with E-state index in [1.807, 2.05) is 37.3 Å². The smallest absolute Gasteiger partial charge is 0.254 e. The number of benzene rings is 2. The highest BCUT2D eigenvalue weighted by Crippen LogP contribution is 2.28. The van der Waals surface area contributed by atoms with Crippen LogP contribution in [0.15, 0.2) is 42.5 Å². The lowest BCUT2D eigenvalue weighted by atomic mass is 10.1. The maximum Gasteiger partial charge on any atom is 0.254 e. The SMILES string of the molecule is Cc1ccc2cc1Oc1cccc(c1)CO[C@H]1CN(C3CCOCC3)C[C@@H]1NC(=O)CN(C)C2=O. The van der Waals surface area contributed by atoms with Crippen LogP contribution in [0.1, 0.15) is 34.3 Å². The molecule has 3 aliphatic heterocycles. The number of amides is 2. The van der Waals surface area contributed by atoms with Gasteiger partial charge in [-0.1, -0.05) is 18.2 Å². The van der Waals surface area contributed by atoms with Crippen molar-refractivity contribution in [3.8, 4) is 11.5 Å². The molecule has 3 heterocycles. The predicted octanol–water partition coefficient (Wildman–Crippen LogP) is 2.74. The molecule has 2 atom stereocenters. The average molecular weight is 480 g/mol. The number of likely N-dealkylation sites (N-methyl/N-ethyl adjacent to an activating group) is 1. The van der Waals surface area contributed by atoms with E-state index in [2.05, 4.69) is 10.2 Å². The Balaban J connectivity index is 1.42. The molecule has 186 valence electrons. The number of nitrogens with one attached hydrogen (secondary N) is 1.